The predicted molar refractivity (Wildman–Crippen MR) is 38.3 cm³/mol. The largest absolute Gasteiger partial charge is 0.316 e. The average molecular weight is 125 g/mol. The summed E-state index contributed by atoms with van der Waals surface area (Å²) in [6, 6.07) is 0.910. The first-order valence-electron chi connectivity index (χ1n) is 4.11. The molecule has 1 nitrogen and oxygen atoms in total. The highest BCUT2D eigenvalue weighted by Crippen LogP contribution is 2.49. The quantitative estimate of drug-likeness (QED) is 0.558. The molecular weight excluding hydrogens is 110 g/mol. The lowest BCUT2D eigenvalue weighted by atomic mass is 10.0. The third kappa shape index (κ3) is 0.787. The van der Waals surface area contributed by atoms with Crippen molar-refractivity contribution < 1.29 is 0 Å². The van der Waals surface area contributed by atoms with Crippen molar-refractivity contribution in [2.24, 2.45) is 11.8 Å². The Labute approximate surface area is 56.8 Å². The second-order valence-electron chi connectivity index (χ2n) is 3.43. The van der Waals surface area contributed by atoms with Crippen LogP contribution in [0.15, 0.2) is 0 Å². The third-order valence-corrected chi connectivity index (χ3v) is 2.99. The van der Waals surface area contributed by atoms with Crippen LogP contribution in [0.5, 0.6) is 0 Å². The van der Waals surface area contributed by atoms with E-state index >= 15 is 0 Å². The fraction of sp³-hybridized carbons (Fsp3) is 1.00. The molecule has 3 atom stereocenters. The molecule has 0 aromatic rings. The van der Waals surface area contributed by atoms with E-state index in [-0.39, 0.29) is 0 Å². The van der Waals surface area contributed by atoms with Crippen molar-refractivity contribution >= 4 is 0 Å². The smallest absolute Gasteiger partial charge is 0.0127 e. The second-order valence-corrected chi connectivity index (χ2v) is 3.43. The van der Waals surface area contributed by atoms with E-state index < -0.39 is 0 Å². The molecule has 2 aliphatic carbocycles. The zero-order valence-electron chi connectivity index (χ0n) is 6.06. The number of hydrogen-bond donors (Lipinski definition) is 1. The van der Waals surface area contributed by atoms with Gasteiger partial charge in [0.15, 0.2) is 0 Å². The molecule has 2 rings (SSSR count). The molecule has 9 heavy (non-hydrogen) atoms. The van der Waals surface area contributed by atoms with E-state index in [2.05, 4.69) is 12.4 Å². The van der Waals surface area contributed by atoms with Crippen molar-refractivity contribution in [2.45, 2.75) is 31.7 Å². The van der Waals surface area contributed by atoms with Crippen molar-refractivity contribution in [1.82, 2.24) is 5.32 Å². The molecule has 0 radical (unpaired) electrons. The standard InChI is InChI=1S/C8H15N/c1-9-8-6-4-2-3-5-7(6)8/h6-9H,2-5H2,1H3/t6-,7+,8?. The molecule has 52 valence electrons. The molecule has 2 fully saturated rings. The Bertz CT molecular complexity index is 92.4. The fourth-order valence-electron chi connectivity index (χ4n) is 2.42. The summed E-state index contributed by atoms with van der Waals surface area (Å²) < 4.78 is 0. The van der Waals surface area contributed by atoms with E-state index in [0.29, 0.717) is 0 Å². The van der Waals surface area contributed by atoms with Crippen LogP contribution >= 0.6 is 0 Å². The number of nitrogens with one attached hydrogen (secondary N) is 1. The highest BCUT2D eigenvalue weighted by atomic mass is 15.0. The Morgan fingerprint density at radius 2 is 1.67 bits per heavy atom. The highest BCUT2D eigenvalue weighted by Gasteiger charge is 2.49. The molecule has 1 unspecified atom stereocenters. The Morgan fingerprint density at radius 1 is 1.11 bits per heavy atom. The first-order valence-corrected chi connectivity index (χ1v) is 4.11. The zero-order chi connectivity index (χ0) is 6.27. The zero-order valence-corrected chi connectivity index (χ0v) is 6.06. The van der Waals surface area contributed by atoms with E-state index in [1.54, 1.807) is 0 Å². The Morgan fingerprint density at radius 3 is 2.11 bits per heavy atom. The van der Waals surface area contributed by atoms with Gasteiger partial charge in [-0.05, 0) is 31.7 Å². The summed E-state index contributed by atoms with van der Waals surface area (Å²) in [6.07, 6.45) is 5.96. The monoisotopic (exact) mass is 125 g/mol. The van der Waals surface area contributed by atoms with Crippen molar-refractivity contribution in [3.63, 3.8) is 0 Å². The minimum Gasteiger partial charge on any atom is -0.316 e. The van der Waals surface area contributed by atoms with Gasteiger partial charge in [0.1, 0.15) is 0 Å². The van der Waals surface area contributed by atoms with Crippen molar-refractivity contribution in [1.29, 1.82) is 0 Å². The van der Waals surface area contributed by atoms with E-state index in [0.717, 1.165) is 17.9 Å². The lowest BCUT2D eigenvalue weighted by Gasteiger charge is -2.04. The first-order chi connectivity index (χ1) is 4.43. The highest BCUT2D eigenvalue weighted by molar-refractivity contribution is 5.03. The fourth-order valence-corrected chi connectivity index (χ4v) is 2.42. The minimum absolute atomic E-state index is 0.910. The van der Waals surface area contributed by atoms with Crippen LogP contribution in [0, 0.1) is 11.8 Å². The maximum atomic E-state index is 3.38. The molecule has 1 N–H and O–H groups in total. The van der Waals surface area contributed by atoms with E-state index in [1.165, 1.54) is 25.7 Å². The van der Waals surface area contributed by atoms with Crippen LogP contribution in [0.2, 0.25) is 0 Å². The molecule has 0 heterocycles. The van der Waals surface area contributed by atoms with Gasteiger partial charge >= 0.3 is 0 Å². The average Bonchev–Trinajstić information content (AvgIpc) is 2.60. The molecule has 0 bridgehead atoms. The van der Waals surface area contributed by atoms with Crippen molar-refractivity contribution in [2.75, 3.05) is 7.05 Å². The van der Waals surface area contributed by atoms with Crippen molar-refractivity contribution in [3.8, 4) is 0 Å². The van der Waals surface area contributed by atoms with Crippen LogP contribution in [0.4, 0.5) is 0 Å². The molecule has 0 aliphatic heterocycles. The summed E-state index contributed by atoms with van der Waals surface area (Å²) in [5.41, 5.74) is 0. The normalized spacial score (nSPS) is 48.3. The summed E-state index contributed by atoms with van der Waals surface area (Å²) in [6.45, 7) is 0. The van der Waals surface area contributed by atoms with E-state index in [4.69, 9.17) is 0 Å². The van der Waals surface area contributed by atoms with Crippen LogP contribution in [0.25, 0.3) is 0 Å². The molecule has 2 saturated carbocycles. The first kappa shape index (κ1) is 5.72. The van der Waals surface area contributed by atoms with Crippen LogP contribution in [-0.4, -0.2) is 13.1 Å². The van der Waals surface area contributed by atoms with Gasteiger partial charge in [-0.1, -0.05) is 12.8 Å². The van der Waals surface area contributed by atoms with Crippen LogP contribution in [0.1, 0.15) is 25.7 Å². The van der Waals surface area contributed by atoms with Crippen LogP contribution in [-0.2, 0) is 0 Å². The summed E-state index contributed by atoms with van der Waals surface area (Å²) in [5, 5.41) is 3.38. The van der Waals surface area contributed by atoms with E-state index in [9.17, 15) is 0 Å². The van der Waals surface area contributed by atoms with Gasteiger partial charge in [-0.2, -0.15) is 0 Å². The van der Waals surface area contributed by atoms with Gasteiger partial charge in [0.2, 0.25) is 0 Å². The van der Waals surface area contributed by atoms with Crippen molar-refractivity contribution in [3.05, 3.63) is 0 Å². The van der Waals surface area contributed by atoms with Gasteiger partial charge in [0.25, 0.3) is 0 Å². The predicted octanol–water partition coefficient (Wildman–Crippen LogP) is 1.39. The maximum absolute atomic E-state index is 3.38. The summed E-state index contributed by atoms with van der Waals surface area (Å²) in [7, 11) is 2.10. The van der Waals surface area contributed by atoms with E-state index in [1.807, 2.05) is 0 Å². The van der Waals surface area contributed by atoms with Crippen LogP contribution in [0.3, 0.4) is 0 Å². The topological polar surface area (TPSA) is 12.0 Å². The van der Waals surface area contributed by atoms with Crippen LogP contribution < -0.4 is 5.32 Å². The molecule has 0 aromatic carbocycles. The lowest BCUT2D eigenvalue weighted by Crippen LogP contribution is -2.11. The third-order valence-electron chi connectivity index (χ3n) is 2.99. The van der Waals surface area contributed by atoms with Gasteiger partial charge < -0.3 is 5.32 Å². The van der Waals surface area contributed by atoms with Gasteiger partial charge in [0, 0.05) is 6.04 Å². The summed E-state index contributed by atoms with van der Waals surface area (Å²) in [4.78, 5) is 0. The molecule has 2 aliphatic rings. The molecule has 0 aromatic heterocycles. The number of hydrogen-bond acceptors (Lipinski definition) is 1. The maximum Gasteiger partial charge on any atom is 0.0127 e. The second kappa shape index (κ2) is 1.98. The number of rotatable bonds is 1. The SMILES string of the molecule is CNC1[C@H]2CCCC[C@@H]12. The summed E-state index contributed by atoms with van der Waals surface area (Å²) >= 11 is 0. The van der Waals surface area contributed by atoms with Gasteiger partial charge in [-0.25, -0.2) is 0 Å². The molecule has 0 saturated heterocycles. The Balaban J connectivity index is 1.91. The molecular formula is C8H15N. The molecule has 0 spiro atoms. The number of fused-ring (bicyclic) bond motifs is 1. The lowest BCUT2D eigenvalue weighted by molar-refractivity contribution is 0.480. The summed E-state index contributed by atoms with van der Waals surface area (Å²) in [5.74, 6) is 2.15. The van der Waals surface area contributed by atoms with Gasteiger partial charge in [-0.15, -0.1) is 0 Å². The molecule has 1 heteroatoms. The molecule has 0 amide bonds. The van der Waals surface area contributed by atoms with Gasteiger partial charge in [0.05, 0.1) is 0 Å². The Kier molecular flexibility index (Phi) is 1.26. The Hall–Kier alpha value is -0.0400. The minimum atomic E-state index is 0.910. The van der Waals surface area contributed by atoms with Gasteiger partial charge in [-0.3, -0.25) is 0 Å².